The van der Waals surface area contributed by atoms with Crippen LogP contribution in [0, 0.1) is 11.6 Å². The summed E-state index contributed by atoms with van der Waals surface area (Å²) in [4.78, 5) is 0.859. The van der Waals surface area contributed by atoms with Gasteiger partial charge in [0.2, 0.25) is 0 Å². The van der Waals surface area contributed by atoms with Crippen LogP contribution < -0.4 is 10.0 Å². The van der Waals surface area contributed by atoms with E-state index in [-0.39, 0.29) is 9.90 Å². The molecule has 0 saturated heterocycles. The molecule has 1 heterocycles. The van der Waals surface area contributed by atoms with Crippen molar-refractivity contribution in [1.29, 1.82) is 0 Å². The lowest BCUT2D eigenvalue weighted by molar-refractivity contribution is 0.509. The Kier molecular flexibility index (Phi) is 4.36. The highest BCUT2D eigenvalue weighted by molar-refractivity contribution is 7.94. The lowest BCUT2D eigenvalue weighted by Gasteiger charge is -2.06. The number of hydrogen-bond acceptors (Lipinski definition) is 4. The van der Waals surface area contributed by atoms with Gasteiger partial charge in [-0.05, 0) is 31.3 Å². The number of thiophene rings is 1. The maximum atomic E-state index is 13.0. The van der Waals surface area contributed by atoms with Crippen molar-refractivity contribution in [2.45, 2.75) is 10.8 Å². The van der Waals surface area contributed by atoms with Crippen molar-refractivity contribution in [3.05, 3.63) is 46.8 Å². The third-order valence-electron chi connectivity index (χ3n) is 2.42. The number of halogens is 2. The number of benzene rings is 1. The van der Waals surface area contributed by atoms with E-state index in [0.29, 0.717) is 6.54 Å². The Bertz CT molecular complexity index is 714. The van der Waals surface area contributed by atoms with Crippen LogP contribution in [-0.4, -0.2) is 15.5 Å². The molecule has 0 atom stereocenters. The Morgan fingerprint density at radius 1 is 1.15 bits per heavy atom. The molecule has 2 aromatic rings. The van der Waals surface area contributed by atoms with Crippen molar-refractivity contribution in [3.8, 4) is 0 Å². The van der Waals surface area contributed by atoms with E-state index in [1.807, 2.05) is 0 Å². The third kappa shape index (κ3) is 3.33. The Hall–Kier alpha value is -1.51. The summed E-state index contributed by atoms with van der Waals surface area (Å²) in [5.74, 6) is -2.13. The molecule has 0 aliphatic rings. The molecule has 1 aromatic carbocycles. The van der Waals surface area contributed by atoms with Crippen LogP contribution in [0.3, 0.4) is 0 Å². The molecule has 20 heavy (non-hydrogen) atoms. The molecule has 0 radical (unpaired) electrons. The van der Waals surface area contributed by atoms with E-state index in [9.17, 15) is 17.2 Å². The van der Waals surface area contributed by atoms with Gasteiger partial charge in [-0.3, -0.25) is 4.72 Å². The third-order valence-corrected chi connectivity index (χ3v) is 5.38. The summed E-state index contributed by atoms with van der Waals surface area (Å²) >= 11 is 1.11. The molecule has 1 aromatic heterocycles. The van der Waals surface area contributed by atoms with Crippen molar-refractivity contribution < 1.29 is 17.2 Å². The summed E-state index contributed by atoms with van der Waals surface area (Å²) in [6.45, 7) is 0.561. The quantitative estimate of drug-likeness (QED) is 0.891. The highest BCUT2D eigenvalue weighted by atomic mass is 32.2. The minimum Gasteiger partial charge on any atom is -0.315 e. The predicted molar refractivity (Wildman–Crippen MR) is 74.2 cm³/mol. The monoisotopic (exact) mass is 318 g/mol. The molecule has 4 nitrogen and oxygen atoms in total. The van der Waals surface area contributed by atoms with Gasteiger partial charge in [0.05, 0.1) is 5.69 Å². The Morgan fingerprint density at radius 2 is 1.90 bits per heavy atom. The number of sulfonamides is 1. The summed E-state index contributed by atoms with van der Waals surface area (Å²) in [7, 11) is -2.03. The van der Waals surface area contributed by atoms with Gasteiger partial charge in [-0.1, -0.05) is 0 Å². The van der Waals surface area contributed by atoms with Crippen LogP contribution in [0.4, 0.5) is 14.5 Å². The number of anilines is 1. The SMILES string of the molecule is CNCc1ccc(S(=O)(=O)Nc2ccc(F)c(F)c2)s1. The van der Waals surface area contributed by atoms with E-state index >= 15 is 0 Å². The van der Waals surface area contributed by atoms with Gasteiger partial charge in [-0.15, -0.1) is 11.3 Å². The summed E-state index contributed by atoms with van der Waals surface area (Å²) in [5, 5.41) is 2.92. The smallest absolute Gasteiger partial charge is 0.271 e. The lowest BCUT2D eigenvalue weighted by Crippen LogP contribution is -2.11. The molecule has 0 saturated carbocycles. The van der Waals surface area contributed by atoms with E-state index in [0.717, 1.165) is 34.4 Å². The van der Waals surface area contributed by atoms with E-state index in [4.69, 9.17) is 0 Å². The largest absolute Gasteiger partial charge is 0.315 e. The second-order valence-electron chi connectivity index (χ2n) is 3.99. The molecule has 2 rings (SSSR count). The minimum atomic E-state index is -3.79. The maximum Gasteiger partial charge on any atom is 0.271 e. The highest BCUT2D eigenvalue weighted by Crippen LogP contribution is 2.24. The molecule has 0 amide bonds. The van der Waals surface area contributed by atoms with Crippen molar-refractivity contribution in [2.75, 3.05) is 11.8 Å². The number of hydrogen-bond donors (Lipinski definition) is 2. The molecule has 0 aliphatic carbocycles. The lowest BCUT2D eigenvalue weighted by atomic mass is 10.3. The number of rotatable bonds is 5. The van der Waals surface area contributed by atoms with E-state index in [1.54, 1.807) is 13.1 Å². The fourth-order valence-corrected chi connectivity index (χ4v) is 3.95. The Labute approximate surface area is 119 Å². The second-order valence-corrected chi connectivity index (χ2v) is 7.06. The van der Waals surface area contributed by atoms with E-state index in [1.165, 1.54) is 6.07 Å². The van der Waals surface area contributed by atoms with Gasteiger partial charge in [0.25, 0.3) is 10.0 Å². The van der Waals surface area contributed by atoms with Crippen LogP contribution in [-0.2, 0) is 16.6 Å². The Morgan fingerprint density at radius 3 is 2.55 bits per heavy atom. The van der Waals surface area contributed by atoms with Crippen molar-refractivity contribution >= 4 is 27.0 Å². The zero-order valence-electron chi connectivity index (χ0n) is 10.5. The van der Waals surface area contributed by atoms with Crippen molar-refractivity contribution in [1.82, 2.24) is 5.32 Å². The van der Waals surface area contributed by atoms with Gasteiger partial charge in [0.1, 0.15) is 4.21 Å². The van der Waals surface area contributed by atoms with Crippen molar-refractivity contribution in [3.63, 3.8) is 0 Å². The van der Waals surface area contributed by atoms with E-state index in [2.05, 4.69) is 10.0 Å². The van der Waals surface area contributed by atoms with Crippen LogP contribution in [0.2, 0.25) is 0 Å². The average Bonchev–Trinajstić information content (AvgIpc) is 2.83. The van der Waals surface area contributed by atoms with Gasteiger partial charge in [0.15, 0.2) is 11.6 Å². The fraction of sp³-hybridized carbons (Fsp3) is 0.167. The summed E-state index contributed by atoms with van der Waals surface area (Å²) < 4.78 is 52.3. The molecular formula is C12H12F2N2O2S2. The van der Waals surface area contributed by atoms with E-state index < -0.39 is 21.7 Å². The predicted octanol–water partition coefficient (Wildman–Crippen LogP) is 2.55. The maximum absolute atomic E-state index is 13.0. The first-order chi connectivity index (χ1) is 9.42. The molecule has 0 aliphatic heterocycles. The zero-order chi connectivity index (χ0) is 14.8. The van der Waals surface area contributed by atoms with Crippen LogP contribution >= 0.6 is 11.3 Å². The van der Waals surface area contributed by atoms with Gasteiger partial charge < -0.3 is 5.32 Å². The standard InChI is InChI=1S/C12H12F2N2O2S2/c1-15-7-9-3-5-12(19-9)20(17,18)16-8-2-4-10(13)11(14)6-8/h2-6,15-16H,7H2,1H3. The summed E-state index contributed by atoms with van der Waals surface area (Å²) in [5.41, 5.74) is -0.0209. The Balaban J connectivity index is 2.23. The second kappa shape index (κ2) is 5.86. The van der Waals surface area contributed by atoms with Crippen LogP contribution in [0.5, 0.6) is 0 Å². The highest BCUT2D eigenvalue weighted by Gasteiger charge is 2.17. The first kappa shape index (κ1) is 14.9. The molecule has 0 fully saturated rings. The molecule has 108 valence electrons. The number of nitrogens with one attached hydrogen (secondary N) is 2. The zero-order valence-corrected chi connectivity index (χ0v) is 12.1. The van der Waals surface area contributed by atoms with Crippen LogP contribution in [0.1, 0.15) is 4.88 Å². The molecule has 0 spiro atoms. The fourth-order valence-electron chi connectivity index (χ4n) is 1.54. The minimum absolute atomic E-state index is 0.0209. The normalized spacial score (nSPS) is 11.6. The van der Waals surface area contributed by atoms with Gasteiger partial charge in [-0.25, -0.2) is 17.2 Å². The molecule has 2 N–H and O–H groups in total. The molecule has 0 unspecified atom stereocenters. The summed E-state index contributed by atoms with van der Waals surface area (Å²) in [6.07, 6.45) is 0. The van der Waals surface area contributed by atoms with Crippen molar-refractivity contribution in [2.24, 2.45) is 0 Å². The van der Waals surface area contributed by atoms with Crippen LogP contribution in [0.25, 0.3) is 0 Å². The molecular weight excluding hydrogens is 306 g/mol. The first-order valence-electron chi connectivity index (χ1n) is 5.63. The van der Waals surface area contributed by atoms with Crippen LogP contribution in [0.15, 0.2) is 34.5 Å². The topological polar surface area (TPSA) is 58.2 Å². The average molecular weight is 318 g/mol. The first-order valence-corrected chi connectivity index (χ1v) is 7.93. The van der Waals surface area contributed by atoms with Gasteiger partial charge in [0, 0.05) is 17.5 Å². The van der Waals surface area contributed by atoms with Gasteiger partial charge in [-0.2, -0.15) is 0 Å². The molecule has 8 heteroatoms. The van der Waals surface area contributed by atoms with Gasteiger partial charge >= 0.3 is 0 Å². The summed E-state index contributed by atoms with van der Waals surface area (Å²) in [6, 6.07) is 6.00. The molecule has 0 bridgehead atoms.